The van der Waals surface area contributed by atoms with Gasteiger partial charge in [0.05, 0.1) is 6.61 Å². The summed E-state index contributed by atoms with van der Waals surface area (Å²) in [5.41, 5.74) is 5.52. The lowest BCUT2D eigenvalue weighted by Crippen LogP contribution is -2.49. The SMILES string of the molecule is CCOC(=O)C1(N)CCC(N2CCCC2C(C)C)C1. The molecule has 3 unspecified atom stereocenters. The number of likely N-dealkylation sites (tertiary alicyclic amines) is 1. The maximum Gasteiger partial charge on any atom is 0.326 e. The van der Waals surface area contributed by atoms with Crippen molar-refractivity contribution in [2.75, 3.05) is 13.2 Å². The molecule has 3 atom stereocenters. The lowest BCUT2D eigenvalue weighted by atomic mass is 9.97. The summed E-state index contributed by atoms with van der Waals surface area (Å²) < 4.78 is 5.13. The van der Waals surface area contributed by atoms with Gasteiger partial charge in [0, 0.05) is 12.1 Å². The fraction of sp³-hybridized carbons (Fsp3) is 0.933. The van der Waals surface area contributed by atoms with E-state index < -0.39 is 5.54 Å². The van der Waals surface area contributed by atoms with Crippen molar-refractivity contribution in [1.29, 1.82) is 0 Å². The van der Waals surface area contributed by atoms with E-state index in [1.54, 1.807) is 0 Å². The van der Waals surface area contributed by atoms with Crippen molar-refractivity contribution in [3.05, 3.63) is 0 Å². The number of rotatable bonds is 4. The van der Waals surface area contributed by atoms with Gasteiger partial charge in [-0.3, -0.25) is 9.69 Å². The molecule has 19 heavy (non-hydrogen) atoms. The monoisotopic (exact) mass is 268 g/mol. The third-order valence-corrected chi connectivity index (χ3v) is 4.79. The average molecular weight is 268 g/mol. The number of hydrogen-bond donors (Lipinski definition) is 1. The largest absolute Gasteiger partial charge is 0.465 e. The van der Waals surface area contributed by atoms with Gasteiger partial charge in [-0.2, -0.15) is 0 Å². The van der Waals surface area contributed by atoms with E-state index in [1.165, 1.54) is 12.8 Å². The normalized spacial score (nSPS) is 36.1. The molecule has 2 aliphatic rings. The Morgan fingerprint density at radius 3 is 2.84 bits per heavy atom. The molecule has 110 valence electrons. The van der Waals surface area contributed by atoms with E-state index in [1.807, 2.05) is 6.92 Å². The molecule has 4 heteroatoms. The number of nitrogens with zero attached hydrogens (tertiary/aromatic N) is 1. The Bertz CT molecular complexity index is 332. The Morgan fingerprint density at radius 2 is 2.21 bits per heavy atom. The summed E-state index contributed by atoms with van der Waals surface area (Å²) in [6, 6.07) is 1.12. The second kappa shape index (κ2) is 5.80. The lowest BCUT2D eigenvalue weighted by molar-refractivity contribution is -0.149. The third kappa shape index (κ3) is 2.95. The van der Waals surface area contributed by atoms with Gasteiger partial charge in [0.2, 0.25) is 0 Å². The van der Waals surface area contributed by atoms with Crippen LogP contribution in [0.25, 0.3) is 0 Å². The second-order valence-electron chi connectivity index (χ2n) is 6.46. The lowest BCUT2D eigenvalue weighted by Gasteiger charge is -2.33. The van der Waals surface area contributed by atoms with Gasteiger partial charge >= 0.3 is 5.97 Å². The van der Waals surface area contributed by atoms with E-state index in [4.69, 9.17) is 10.5 Å². The van der Waals surface area contributed by atoms with Crippen LogP contribution in [0, 0.1) is 5.92 Å². The van der Waals surface area contributed by atoms with E-state index >= 15 is 0 Å². The van der Waals surface area contributed by atoms with Crippen LogP contribution in [-0.2, 0) is 9.53 Å². The molecule has 0 aromatic rings. The number of esters is 1. The summed E-state index contributed by atoms with van der Waals surface area (Å²) in [7, 11) is 0. The minimum Gasteiger partial charge on any atom is -0.465 e. The van der Waals surface area contributed by atoms with Crippen LogP contribution < -0.4 is 5.73 Å². The number of carbonyl (C=O) groups is 1. The molecule has 1 aliphatic carbocycles. The number of nitrogens with two attached hydrogens (primary N) is 1. The highest BCUT2D eigenvalue weighted by Gasteiger charge is 2.47. The first-order chi connectivity index (χ1) is 8.98. The fourth-order valence-electron chi connectivity index (χ4n) is 3.78. The van der Waals surface area contributed by atoms with Gasteiger partial charge in [-0.25, -0.2) is 0 Å². The van der Waals surface area contributed by atoms with Gasteiger partial charge in [-0.1, -0.05) is 13.8 Å². The topological polar surface area (TPSA) is 55.6 Å². The Labute approximate surface area is 116 Å². The molecule has 0 aromatic heterocycles. The summed E-state index contributed by atoms with van der Waals surface area (Å²) in [4.78, 5) is 14.6. The van der Waals surface area contributed by atoms with Crippen LogP contribution in [0.3, 0.4) is 0 Å². The van der Waals surface area contributed by atoms with Gasteiger partial charge < -0.3 is 10.5 Å². The Morgan fingerprint density at radius 1 is 1.47 bits per heavy atom. The summed E-state index contributed by atoms with van der Waals surface area (Å²) in [5, 5.41) is 0. The van der Waals surface area contributed by atoms with Crippen LogP contribution in [0.15, 0.2) is 0 Å². The van der Waals surface area contributed by atoms with Crippen molar-refractivity contribution >= 4 is 5.97 Å². The summed E-state index contributed by atoms with van der Waals surface area (Å²) in [6.07, 6.45) is 5.10. The first-order valence-electron chi connectivity index (χ1n) is 7.70. The summed E-state index contributed by atoms with van der Waals surface area (Å²) in [6.45, 7) is 7.99. The third-order valence-electron chi connectivity index (χ3n) is 4.79. The summed E-state index contributed by atoms with van der Waals surface area (Å²) >= 11 is 0. The standard InChI is InChI=1S/C15H28N2O2/c1-4-19-14(18)15(16)8-7-12(10-15)17-9-5-6-13(17)11(2)3/h11-13H,4-10,16H2,1-3H3. The van der Waals surface area contributed by atoms with Crippen LogP contribution in [0.2, 0.25) is 0 Å². The zero-order valence-electron chi connectivity index (χ0n) is 12.5. The van der Waals surface area contributed by atoms with Crippen molar-refractivity contribution in [3.63, 3.8) is 0 Å². The van der Waals surface area contributed by atoms with Gasteiger partial charge in [0.25, 0.3) is 0 Å². The molecule has 2 fully saturated rings. The molecule has 2 N–H and O–H groups in total. The van der Waals surface area contributed by atoms with E-state index in [9.17, 15) is 4.79 Å². The maximum atomic E-state index is 12.0. The van der Waals surface area contributed by atoms with Gasteiger partial charge in [0.15, 0.2) is 0 Å². The first kappa shape index (κ1) is 14.8. The molecular weight excluding hydrogens is 240 g/mol. The van der Waals surface area contributed by atoms with Crippen molar-refractivity contribution in [2.45, 2.75) is 70.5 Å². The van der Waals surface area contributed by atoms with Crippen LogP contribution in [-0.4, -0.2) is 41.6 Å². The molecular formula is C15H28N2O2. The van der Waals surface area contributed by atoms with Crippen LogP contribution in [0.4, 0.5) is 0 Å². The van der Waals surface area contributed by atoms with Crippen molar-refractivity contribution in [2.24, 2.45) is 11.7 Å². The average Bonchev–Trinajstić information content (AvgIpc) is 2.96. The molecule has 0 amide bonds. The Balaban J connectivity index is 1.99. The van der Waals surface area contributed by atoms with Gasteiger partial charge in [0.1, 0.15) is 5.54 Å². The van der Waals surface area contributed by atoms with Crippen molar-refractivity contribution < 1.29 is 9.53 Å². The molecule has 2 rings (SSSR count). The predicted octanol–water partition coefficient (Wildman–Crippen LogP) is 1.92. The van der Waals surface area contributed by atoms with E-state index in [0.717, 1.165) is 25.8 Å². The van der Waals surface area contributed by atoms with Gasteiger partial charge in [-0.05, 0) is 51.5 Å². The van der Waals surface area contributed by atoms with Crippen LogP contribution in [0.1, 0.15) is 52.9 Å². The zero-order chi connectivity index (χ0) is 14.0. The molecule has 1 heterocycles. The highest BCUT2D eigenvalue weighted by atomic mass is 16.5. The number of carbonyl (C=O) groups excluding carboxylic acids is 1. The van der Waals surface area contributed by atoms with Crippen LogP contribution >= 0.6 is 0 Å². The highest BCUT2D eigenvalue weighted by Crippen LogP contribution is 2.37. The van der Waals surface area contributed by atoms with Gasteiger partial charge in [-0.15, -0.1) is 0 Å². The fourth-order valence-corrected chi connectivity index (χ4v) is 3.78. The molecule has 0 radical (unpaired) electrons. The quantitative estimate of drug-likeness (QED) is 0.791. The molecule has 1 saturated carbocycles. The van der Waals surface area contributed by atoms with Crippen molar-refractivity contribution in [3.8, 4) is 0 Å². The Kier molecular flexibility index (Phi) is 4.51. The van der Waals surface area contributed by atoms with E-state index in [0.29, 0.717) is 24.6 Å². The predicted molar refractivity (Wildman–Crippen MR) is 75.8 cm³/mol. The second-order valence-corrected chi connectivity index (χ2v) is 6.46. The highest BCUT2D eigenvalue weighted by molar-refractivity contribution is 5.81. The Hall–Kier alpha value is -0.610. The minimum atomic E-state index is -0.745. The zero-order valence-corrected chi connectivity index (χ0v) is 12.5. The summed E-state index contributed by atoms with van der Waals surface area (Å²) in [5.74, 6) is 0.468. The van der Waals surface area contributed by atoms with E-state index in [-0.39, 0.29) is 5.97 Å². The first-order valence-corrected chi connectivity index (χ1v) is 7.70. The smallest absolute Gasteiger partial charge is 0.326 e. The molecule has 4 nitrogen and oxygen atoms in total. The van der Waals surface area contributed by atoms with E-state index in [2.05, 4.69) is 18.7 Å². The molecule has 0 spiro atoms. The molecule has 1 saturated heterocycles. The maximum absolute atomic E-state index is 12.0. The van der Waals surface area contributed by atoms with Crippen LogP contribution in [0.5, 0.6) is 0 Å². The number of hydrogen-bond acceptors (Lipinski definition) is 4. The molecule has 0 bridgehead atoms. The number of ether oxygens (including phenoxy) is 1. The van der Waals surface area contributed by atoms with Crippen molar-refractivity contribution in [1.82, 2.24) is 4.90 Å². The molecule has 1 aliphatic heterocycles. The molecule has 0 aromatic carbocycles. The minimum absolute atomic E-state index is 0.210.